The fourth-order valence-corrected chi connectivity index (χ4v) is 2.56. The smallest absolute Gasteiger partial charge is 0.138 e. The van der Waals surface area contributed by atoms with Crippen LogP contribution in [0.5, 0.6) is 0 Å². The van der Waals surface area contributed by atoms with Gasteiger partial charge >= 0.3 is 0 Å². The van der Waals surface area contributed by atoms with E-state index in [0.29, 0.717) is 0 Å². The van der Waals surface area contributed by atoms with Crippen molar-refractivity contribution < 1.29 is 4.39 Å². The third-order valence-electron chi connectivity index (χ3n) is 2.45. The average Bonchev–Trinajstić information content (AvgIpc) is 2.76. The molecule has 0 bridgehead atoms. The normalized spacial score (nSPS) is 10.9. The second kappa shape index (κ2) is 4.22. The second-order valence-electron chi connectivity index (χ2n) is 3.61. The zero-order valence-corrected chi connectivity index (χ0v) is 9.67. The zero-order valence-electron chi connectivity index (χ0n) is 8.85. The van der Waals surface area contributed by atoms with E-state index in [2.05, 4.69) is 9.97 Å². The summed E-state index contributed by atoms with van der Waals surface area (Å²) in [5, 5.41) is 1.09. The molecule has 17 heavy (non-hydrogen) atoms. The molecule has 0 aliphatic heterocycles. The van der Waals surface area contributed by atoms with E-state index in [9.17, 15) is 4.39 Å². The van der Waals surface area contributed by atoms with E-state index < -0.39 is 0 Å². The Morgan fingerprint density at radius 1 is 1.12 bits per heavy atom. The van der Waals surface area contributed by atoms with Crippen LogP contribution < -0.4 is 0 Å². The van der Waals surface area contributed by atoms with Crippen molar-refractivity contribution in [2.45, 2.75) is 9.79 Å². The van der Waals surface area contributed by atoms with Gasteiger partial charge < -0.3 is 4.98 Å². The summed E-state index contributed by atoms with van der Waals surface area (Å²) < 4.78 is 12.8. The van der Waals surface area contributed by atoms with Gasteiger partial charge in [-0.1, -0.05) is 11.8 Å². The van der Waals surface area contributed by atoms with Crippen LogP contribution in [0.15, 0.2) is 58.6 Å². The highest BCUT2D eigenvalue weighted by atomic mass is 32.2. The number of pyridine rings is 1. The van der Waals surface area contributed by atoms with Gasteiger partial charge in [0.1, 0.15) is 11.5 Å². The van der Waals surface area contributed by atoms with Crippen LogP contribution >= 0.6 is 11.8 Å². The summed E-state index contributed by atoms with van der Waals surface area (Å²) in [6.07, 6.45) is 3.68. The fourth-order valence-electron chi connectivity index (χ4n) is 1.64. The highest BCUT2D eigenvalue weighted by molar-refractivity contribution is 7.99. The van der Waals surface area contributed by atoms with E-state index >= 15 is 0 Å². The van der Waals surface area contributed by atoms with Gasteiger partial charge in [0.15, 0.2) is 0 Å². The number of aromatic nitrogens is 2. The maximum Gasteiger partial charge on any atom is 0.138 e. The average molecular weight is 244 g/mol. The largest absolute Gasteiger partial charge is 0.345 e. The van der Waals surface area contributed by atoms with Crippen LogP contribution in [0.3, 0.4) is 0 Å². The van der Waals surface area contributed by atoms with Gasteiger partial charge in [0.05, 0.1) is 0 Å². The minimum absolute atomic E-state index is 0.213. The molecule has 0 spiro atoms. The molecule has 0 amide bonds. The highest BCUT2D eigenvalue weighted by Gasteiger charge is 2.05. The second-order valence-corrected chi connectivity index (χ2v) is 4.72. The third kappa shape index (κ3) is 2.03. The van der Waals surface area contributed by atoms with E-state index in [4.69, 9.17) is 0 Å². The lowest BCUT2D eigenvalue weighted by Crippen LogP contribution is -1.75. The Hall–Kier alpha value is -1.81. The van der Waals surface area contributed by atoms with Crippen molar-refractivity contribution in [2.24, 2.45) is 0 Å². The maximum absolute atomic E-state index is 12.8. The SMILES string of the molecule is Fc1ccc(Sc2c[nH]c3ncccc23)cc1. The molecule has 2 aromatic heterocycles. The van der Waals surface area contributed by atoms with E-state index in [-0.39, 0.29) is 5.82 Å². The molecular formula is C13H9FN2S. The predicted octanol–water partition coefficient (Wildman–Crippen LogP) is 3.85. The van der Waals surface area contributed by atoms with Crippen molar-refractivity contribution in [3.8, 4) is 0 Å². The van der Waals surface area contributed by atoms with Gasteiger partial charge in [-0.3, -0.25) is 0 Å². The van der Waals surface area contributed by atoms with Gasteiger partial charge in [-0.15, -0.1) is 0 Å². The van der Waals surface area contributed by atoms with Gasteiger partial charge in [0.25, 0.3) is 0 Å². The molecule has 84 valence electrons. The number of nitrogens with zero attached hydrogens (tertiary/aromatic N) is 1. The molecule has 0 unspecified atom stereocenters. The molecule has 2 nitrogen and oxygen atoms in total. The van der Waals surface area contributed by atoms with Crippen molar-refractivity contribution in [2.75, 3.05) is 0 Å². The monoisotopic (exact) mass is 244 g/mol. The third-order valence-corrected chi connectivity index (χ3v) is 3.52. The lowest BCUT2D eigenvalue weighted by Gasteiger charge is -1.99. The Kier molecular flexibility index (Phi) is 2.57. The highest BCUT2D eigenvalue weighted by Crippen LogP contribution is 2.32. The van der Waals surface area contributed by atoms with E-state index in [0.717, 1.165) is 20.8 Å². The first kappa shape index (κ1) is 10.4. The number of H-pyrrole nitrogens is 1. The first-order valence-electron chi connectivity index (χ1n) is 5.18. The molecular weight excluding hydrogens is 235 g/mol. The van der Waals surface area contributed by atoms with E-state index in [1.54, 1.807) is 30.1 Å². The summed E-state index contributed by atoms with van der Waals surface area (Å²) in [5.74, 6) is -0.213. The first-order chi connectivity index (χ1) is 8.33. The Morgan fingerprint density at radius 3 is 2.76 bits per heavy atom. The summed E-state index contributed by atoms with van der Waals surface area (Å²) in [7, 11) is 0. The number of nitrogens with one attached hydrogen (secondary N) is 1. The van der Waals surface area contributed by atoms with Crippen LogP contribution in [-0.2, 0) is 0 Å². The van der Waals surface area contributed by atoms with E-state index in [1.165, 1.54) is 12.1 Å². The molecule has 0 radical (unpaired) electrons. The molecule has 0 aliphatic carbocycles. The van der Waals surface area contributed by atoms with Crippen LogP contribution in [0.2, 0.25) is 0 Å². The maximum atomic E-state index is 12.8. The topological polar surface area (TPSA) is 28.7 Å². The minimum Gasteiger partial charge on any atom is -0.345 e. The number of halogens is 1. The predicted molar refractivity (Wildman–Crippen MR) is 66.6 cm³/mol. The van der Waals surface area contributed by atoms with Gasteiger partial charge in [-0.2, -0.15) is 0 Å². The molecule has 2 heterocycles. The van der Waals surface area contributed by atoms with Crippen LogP contribution in [0.4, 0.5) is 4.39 Å². The molecule has 0 saturated heterocycles. The van der Waals surface area contributed by atoms with Crippen LogP contribution in [0.1, 0.15) is 0 Å². The van der Waals surface area contributed by atoms with Crippen LogP contribution in [0, 0.1) is 5.82 Å². The Labute approximate surface area is 102 Å². The number of hydrogen-bond donors (Lipinski definition) is 1. The van der Waals surface area contributed by atoms with Crippen molar-refractivity contribution in [3.63, 3.8) is 0 Å². The summed E-state index contributed by atoms with van der Waals surface area (Å²) in [6.45, 7) is 0. The Balaban J connectivity index is 1.97. The van der Waals surface area contributed by atoms with Crippen LogP contribution in [0.25, 0.3) is 11.0 Å². The van der Waals surface area contributed by atoms with Crippen molar-refractivity contribution in [1.29, 1.82) is 0 Å². The van der Waals surface area contributed by atoms with Crippen molar-refractivity contribution in [1.82, 2.24) is 9.97 Å². The van der Waals surface area contributed by atoms with Gasteiger partial charge in [-0.25, -0.2) is 9.37 Å². The number of benzene rings is 1. The number of aromatic amines is 1. The quantitative estimate of drug-likeness (QED) is 0.741. The molecule has 3 rings (SSSR count). The van der Waals surface area contributed by atoms with Gasteiger partial charge in [0, 0.05) is 27.6 Å². The molecule has 1 aromatic carbocycles. The minimum atomic E-state index is -0.213. The molecule has 3 aromatic rings. The molecule has 0 fully saturated rings. The lowest BCUT2D eigenvalue weighted by atomic mass is 10.3. The number of fused-ring (bicyclic) bond motifs is 1. The Bertz CT molecular complexity index is 646. The first-order valence-corrected chi connectivity index (χ1v) is 6.00. The van der Waals surface area contributed by atoms with Crippen molar-refractivity contribution >= 4 is 22.8 Å². The van der Waals surface area contributed by atoms with Crippen LogP contribution in [-0.4, -0.2) is 9.97 Å². The molecule has 4 heteroatoms. The molecule has 0 atom stereocenters. The van der Waals surface area contributed by atoms with Crippen molar-refractivity contribution in [3.05, 3.63) is 54.6 Å². The standard InChI is InChI=1S/C13H9FN2S/c14-9-3-5-10(6-4-9)17-12-8-16-13-11(12)2-1-7-15-13/h1-8H,(H,15,16). The number of hydrogen-bond acceptors (Lipinski definition) is 2. The van der Waals surface area contributed by atoms with Gasteiger partial charge in [-0.05, 0) is 36.4 Å². The number of rotatable bonds is 2. The lowest BCUT2D eigenvalue weighted by molar-refractivity contribution is 0.626. The fraction of sp³-hybridized carbons (Fsp3) is 0. The molecule has 1 N–H and O–H groups in total. The summed E-state index contributed by atoms with van der Waals surface area (Å²) in [5.41, 5.74) is 0.872. The summed E-state index contributed by atoms with van der Waals surface area (Å²) >= 11 is 1.59. The summed E-state index contributed by atoms with van der Waals surface area (Å²) in [4.78, 5) is 9.45. The molecule has 0 saturated carbocycles. The summed E-state index contributed by atoms with van der Waals surface area (Å²) in [6, 6.07) is 10.4. The zero-order chi connectivity index (χ0) is 11.7. The van der Waals surface area contributed by atoms with E-state index in [1.807, 2.05) is 18.3 Å². The van der Waals surface area contributed by atoms with Gasteiger partial charge in [0.2, 0.25) is 0 Å². The Morgan fingerprint density at radius 2 is 1.94 bits per heavy atom. The molecule has 0 aliphatic rings.